The van der Waals surface area contributed by atoms with Gasteiger partial charge in [-0.25, -0.2) is 4.98 Å². The highest BCUT2D eigenvalue weighted by atomic mass is 32.1. The van der Waals surface area contributed by atoms with E-state index >= 15 is 0 Å². The predicted molar refractivity (Wildman–Crippen MR) is 113 cm³/mol. The van der Waals surface area contributed by atoms with Gasteiger partial charge in [0.2, 0.25) is 0 Å². The third-order valence-electron chi connectivity index (χ3n) is 4.66. The molecular weight excluding hydrogens is 360 g/mol. The minimum atomic E-state index is 0.670. The number of aliphatic imine (C=N–C) groups is 1. The first kappa shape index (κ1) is 22.1. The van der Waals surface area contributed by atoms with Crippen molar-refractivity contribution in [1.29, 1.82) is 0 Å². The summed E-state index contributed by atoms with van der Waals surface area (Å²) in [7, 11) is 0. The van der Waals surface area contributed by atoms with Gasteiger partial charge in [0.1, 0.15) is 0 Å². The Bertz CT molecular complexity index is 556. The molecule has 27 heavy (non-hydrogen) atoms. The van der Waals surface area contributed by atoms with Gasteiger partial charge in [0.25, 0.3) is 0 Å². The van der Waals surface area contributed by atoms with Crippen LogP contribution >= 0.6 is 11.3 Å². The lowest BCUT2D eigenvalue weighted by Gasteiger charge is -2.21. The van der Waals surface area contributed by atoms with Crippen molar-refractivity contribution in [2.24, 2.45) is 10.9 Å². The van der Waals surface area contributed by atoms with Gasteiger partial charge in [-0.15, -0.1) is 11.3 Å². The van der Waals surface area contributed by atoms with E-state index in [1.165, 1.54) is 15.6 Å². The summed E-state index contributed by atoms with van der Waals surface area (Å²) in [4.78, 5) is 10.7. The fraction of sp³-hybridized carbons (Fsp3) is 0.800. The van der Waals surface area contributed by atoms with Crippen molar-refractivity contribution in [2.75, 3.05) is 46.1 Å². The van der Waals surface area contributed by atoms with Gasteiger partial charge in [0.05, 0.1) is 10.7 Å². The maximum atomic E-state index is 5.81. The number of rotatable bonds is 11. The number of ether oxygens (including phenoxy) is 2. The molecular formula is C20H36N4O2S. The summed E-state index contributed by atoms with van der Waals surface area (Å²) in [5.41, 5.74) is 1.23. The summed E-state index contributed by atoms with van der Waals surface area (Å²) < 4.78 is 11.2. The van der Waals surface area contributed by atoms with Crippen LogP contribution in [0.25, 0.3) is 0 Å². The number of nitrogens with zero attached hydrogens (tertiary/aromatic N) is 2. The lowest BCUT2D eigenvalue weighted by Crippen LogP contribution is -2.38. The molecule has 0 bridgehead atoms. The smallest absolute Gasteiger partial charge is 0.191 e. The number of nitrogens with one attached hydrogen (secondary N) is 2. The predicted octanol–water partition coefficient (Wildman–Crippen LogP) is 2.94. The summed E-state index contributed by atoms with van der Waals surface area (Å²) in [6.07, 6.45) is 5.15. The van der Waals surface area contributed by atoms with Crippen molar-refractivity contribution in [1.82, 2.24) is 15.6 Å². The molecule has 0 aromatic carbocycles. The first-order chi connectivity index (χ1) is 13.2. The second-order valence-corrected chi connectivity index (χ2v) is 8.17. The third kappa shape index (κ3) is 8.58. The largest absolute Gasteiger partial charge is 0.381 e. The minimum absolute atomic E-state index is 0.670. The Morgan fingerprint density at radius 3 is 2.81 bits per heavy atom. The Labute approximate surface area is 168 Å². The van der Waals surface area contributed by atoms with E-state index in [1.54, 1.807) is 11.3 Å². The Morgan fingerprint density at radius 1 is 1.30 bits per heavy atom. The normalized spacial score (nSPS) is 15.9. The van der Waals surface area contributed by atoms with E-state index < -0.39 is 0 Å². The molecule has 2 N–H and O–H groups in total. The van der Waals surface area contributed by atoms with Crippen molar-refractivity contribution < 1.29 is 9.47 Å². The fourth-order valence-corrected chi connectivity index (χ4v) is 4.09. The first-order valence-corrected chi connectivity index (χ1v) is 11.2. The van der Waals surface area contributed by atoms with Crippen LogP contribution in [0.4, 0.5) is 0 Å². The third-order valence-corrected chi connectivity index (χ3v) is 5.73. The molecule has 0 saturated carbocycles. The standard InChI is InChI=1S/C20H36N4O2S/c1-4-18-16(3)27-19(24-18)7-11-23-20(21-5-2)22-10-6-12-26-15-17-8-13-25-14-9-17/h17H,4-15H2,1-3H3,(H2,21,22,23). The van der Waals surface area contributed by atoms with E-state index in [1.807, 2.05) is 0 Å². The van der Waals surface area contributed by atoms with Crippen LogP contribution in [0.3, 0.4) is 0 Å². The van der Waals surface area contributed by atoms with Crippen LogP contribution in [0.1, 0.15) is 48.7 Å². The number of hydrogen-bond donors (Lipinski definition) is 2. The molecule has 1 aliphatic heterocycles. The van der Waals surface area contributed by atoms with E-state index in [9.17, 15) is 0 Å². The van der Waals surface area contributed by atoms with Gasteiger partial charge in [-0.1, -0.05) is 6.92 Å². The summed E-state index contributed by atoms with van der Waals surface area (Å²) in [6.45, 7) is 12.3. The molecule has 7 heteroatoms. The van der Waals surface area contributed by atoms with Crippen LogP contribution in [-0.4, -0.2) is 57.0 Å². The molecule has 0 unspecified atom stereocenters. The Morgan fingerprint density at radius 2 is 2.11 bits per heavy atom. The summed E-state index contributed by atoms with van der Waals surface area (Å²) >= 11 is 1.81. The Kier molecular flexibility index (Phi) is 10.7. The zero-order valence-electron chi connectivity index (χ0n) is 17.2. The topological polar surface area (TPSA) is 67.8 Å². The number of thiazole rings is 1. The molecule has 1 fully saturated rings. The SMILES string of the molecule is CCNC(=NCCCOCC1CCOCC1)NCCc1nc(CC)c(C)s1. The molecule has 0 amide bonds. The van der Waals surface area contributed by atoms with Gasteiger partial charge < -0.3 is 20.1 Å². The van der Waals surface area contributed by atoms with Gasteiger partial charge >= 0.3 is 0 Å². The summed E-state index contributed by atoms with van der Waals surface area (Å²) in [6, 6.07) is 0. The van der Waals surface area contributed by atoms with Gasteiger partial charge in [0, 0.05) is 57.4 Å². The molecule has 0 aliphatic carbocycles. The molecule has 1 aromatic heterocycles. The number of hydrogen-bond acceptors (Lipinski definition) is 5. The monoisotopic (exact) mass is 396 g/mol. The molecule has 154 valence electrons. The van der Waals surface area contributed by atoms with Crippen molar-refractivity contribution >= 4 is 17.3 Å². The molecule has 0 radical (unpaired) electrons. The van der Waals surface area contributed by atoms with Gasteiger partial charge in [-0.05, 0) is 45.4 Å². The van der Waals surface area contributed by atoms with Crippen molar-refractivity contribution in [3.05, 3.63) is 15.6 Å². The maximum absolute atomic E-state index is 5.81. The van der Waals surface area contributed by atoms with Crippen molar-refractivity contribution in [2.45, 2.75) is 52.9 Å². The lowest BCUT2D eigenvalue weighted by atomic mass is 10.0. The Balaban J connectivity index is 1.61. The summed E-state index contributed by atoms with van der Waals surface area (Å²) in [5.74, 6) is 1.55. The van der Waals surface area contributed by atoms with E-state index in [2.05, 4.69) is 36.4 Å². The lowest BCUT2D eigenvalue weighted by molar-refractivity contribution is 0.0205. The highest BCUT2D eigenvalue weighted by Crippen LogP contribution is 2.18. The highest BCUT2D eigenvalue weighted by Gasteiger charge is 2.13. The van der Waals surface area contributed by atoms with Gasteiger partial charge in [0.15, 0.2) is 5.96 Å². The highest BCUT2D eigenvalue weighted by molar-refractivity contribution is 7.11. The molecule has 1 saturated heterocycles. The van der Waals surface area contributed by atoms with E-state index in [-0.39, 0.29) is 0 Å². The quantitative estimate of drug-likeness (QED) is 0.342. The Hall–Kier alpha value is -1.18. The molecule has 6 nitrogen and oxygen atoms in total. The van der Waals surface area contributed by atoms with Crippen molar-refractivity contribution in [3.8, 4) is 0 Å². The molecule has 0 spiro atoms. The zero-order chi connectivity index (χ0) is 19.3. The molecule has 2 heterocycles. The fourth-order valence-electron chi connectivity index (χ4n) is 3.07. The van der Waals surface area contributed by atoms with Crippen LogP contribution < -0.4 is 10.6 Å². The second-order valence-electron chi connectivity index (χ2n) is 6.89. The van der Waals surface area contributed by atoms with E-state index in [4.69, 9.17) is 14.5 Å². The van der Waals surface area contributed by atoms with Crippen LogP contribution in [-0.2, 0) is 22.3 Å². The first-order valence-electron chi connectivity index (χ1n) is 10.4. The molecule has 1 aliphatic rings. The van der Waals surface area contributed by atoms with Crippen molar-refractivity contribution in [3.63, 3.8) is 0 Å². The molecule has 0 atom stereocenters. The van der Waals surface area contributed by atoms with Crippen LogP contribution in [0.15, 0.2) is 4.99 Å². The van der Waals surface area contributed by atoms with E-state index in [0.29, 0.717) is 5.92 Å². The average molecular weight is 397 g/mol. The zero-order valence-corrected chi connectivity index (χ0v) is 18.0. The number of aromatic nitrogens is 1. The maximum Gasteiger partial charge on any atom is 0.191 e. The van der Waals surface area contributed by atoms with Crippen LogP contribution in [0, 0.1) is 12.8 Å². The second kappa shape index (κ2) is 13.1. The van der Waals surface area contributed by atoms with Crippen LogP contribution in [0.5, 0.6) is 0 Å². The van der Waals surface area contributed by atoms with E-state index in [0.717, 1.165) is 84.1 Å². The summed E-state index contributed by atoms with van der Waals surface area (Å²) in [5, 5.41) is 7.92. The van der Waals surface area contributed by atoms with Gasteiger partial charge in [-0.3, -0.25) is 4.99 Å². The molecule has 2 rings (SSSR count). The molecule has 1 aromatic rings. The van der Waals surface area contributed by atoms with Gasteiger partial charge in [-0.2, -0.15) is 0 Å². The van der Waals surface area contributed by atoms with Crippen LogP contribution in [0.2, 0.25) is 0 Å². The number of aryl methyl sites for hydroxylation is 2. The number of guanidine groups is 1. The minimum Gasteiger partial charge on any atom is -0.381 e. The average Bonchev–Trinajstić information content (AvgIpc) is 3.05.